The van der Waals surface area contributed by atoms with Crippen LogP contribution in [0.15, 0.2) is 54.6 Å². The second-order valence-corrected chi connectivity index (χ2v) is 6.21. The van der Waals surface area contributed by atoms with Gasteiger partial charge in [0.1, 0.15) is 5.01 Å². The van der Waals surface area contributed by atoms with Crippen LogP contribution in [0.2, 0.25) is 0 Å². The average molecular weight is 392 g/mol. The van der Waals surface area contributed by atoms with E-state index in [2.05, 4.69) is 15.5 Å². The molecule has 0 saturated carbocycles. The summed E-state index contributed by atoms with van der Waals surface area (Å²) in [5.74, 6) is -2.88. The number of carbonyl (C=O) groups is 2. The van der Waals surface area contributed by atoms with Crippen LogP contribution >= 0.6 is 11.3 Å². The fourth-order valence-corrected chi connectivity index (χ4v) is 2.86. The highest BCUT2D eigenvalue weighted by Gasteiger charge is 2.39. The number of benzene rings is 2. The van der Waals surface area contributed by atoms with Gasteiger partial charge < -0.3 is 5.32 Å². The largest absolute Gasteiger partial charge is 0.471 e. The topological polar surface area (TPSA) is 84.0 Å². The van der Waals surface area contributed by atoms with E-state index >= 15 is 0 Å². The average Bonchev–Trinajstić information content (AvgIpc) is 3.10. The Morgan fingerprint density at radius 1 is 0.889 bits per heavy atom. The minimum atomic E-state index is -5.06. The molecule has 6 nitrogen and oxygen atoms in total. The summed E-state index contributed by atoms with van der Waals surface area (Å²) in [6.07, 6.45) is -5.06. The molecule has 1 heterocycles. The third-order valence-corrected chi connectivity index (χ3v) is 4.23. The van der Waals surface area contributed by atoms with Crippen LogP contribution in [0.4, 0.5) is 24.0 Å². The first kappa shape index (κ1) is 18.5. The Morgan fingerprint density at radius 3 is 2.26 bits per heavy atom. The van der Waals surface area contributed by atoms with Crippen molar-refractivity contribution in [2.75, 3.05) is 10.6 Å². The number of hydrogen-bond acceptors (Lipinski definition) is 5. The molecule has 10 heteroatoms. The molecule has 3 aromatic rings. The van der Waals surface area contributed by atoms with E-state index in [1.54, 1.807) is 5.32 Å². The summed E-state index contributed by atoms with van der Waals surface area (Å²) in [6.45, 7) is 0. The Morgan fingerprint density at radius 2 is 1.56 bits per heavy atom. The van der Waals surface area contributed by atoms with Crippen molar-refractivity contribution < 1.29 is 22.8 Å². The molecule has 0 atom stereocenters. The van der Waals surface area contributed by atoms with Crippen molar-refractivity contribution in [2.24, 2.45) is 0 Å². The molecule has 1 aromatic heterocycles. The van der Waals surface area contributed by atoms with Crippen LogP contribution in [0.3, 0.4) is 0 Å². The standard InChI is InChI=1S/C17H11F3N4O2S/c18-17(19,20)15(26)21-12-9-5-4-8-11(12)13(25)22-16-24-23-14(27-16)10-6-2-1-3-7-10/h1-9H,(H,21,26)(H,22,24,25). The third-order valence-electron chi connectivity index (χ3n) is 3.34. The Kier molecular flexibility index (Phi) is 5.17. The molecule has 0 bridgehead atoms. The summed E-state index contributed by atoms with van der Waals surface area (Å²) in [4.78, 5) is 23.5. The van der Waals surface area contributed by atoms with Gasteiger partial charge in [-0.25, -0.2) is 0 Å². The van der Waals surface area contributed by atoms with E-state index in [-0.39, 0.29) is 16.4 Å². The molecule has 0 aliphatic carbocycles. The summed E-state index contributed by atoms with van der Waals surface area (Å²) in [6, 6.07) is 14.5. The quantitative estimate of drug-likeness (QED) is 0.704. The van der Waals surface area contributed by atoms with Gasteiger partial charge in [-0.05, 0) is 12.1 Å². The molecule has 27 heavy (non-hydrogen) atoms. The van der Waals surface area contributed by atoms with Gasteiger partial charge in [0.25, 0.3) is 5.91 Å². The van der Waals surface area contributed by atoms with Gasteiger partial charge in [0.05, 0.1) is 11.3 Å². The first-order chi connectivity index (χ1) is 12.8. The normalized spacial score (nSPS) is 11.1. The summed E-state index contributed by atoms with van der Waals surface area (Å²) in [7, 11) is 0. The van der Waals surface area contributed by atoms with Crippen molar-refractivity contribution in [3.05, 3.63) is 60.2 Å². The lowest BCUT2D eigenvalue weighted by Crippen LogP contribution is -2.30. The maximum Gasteiger partial charge on any atom is 0.471 e. The molecule has 0 radical (unpaired) electrons. The van der Waals surface area contributed by atoms with E-state index in [9.17, 15) is 22.8 Å². The molecule has 0 aliphatic rings. The van der Waals surface area contributed by atoms with Crippen LogP contribution < -0.4 is 10.6 Å². The van der Waals surface area contributed by atoms with Crippen molar-refractivity contribution in [3.63, 3.8) is 0 Å². The number of rotatable bonds is 4. The van der Waals surface area contributed by atoms with E-state index in [1.165, 1.54) is 24.3 Å². The Labute approximate surface area is 155 Å². The second kappa shape index (κ2) is 7.54. The zero-order valence-corrected chi connectivity index (χ0v) is 14.3. The lowest BCUT2D eigenvalue weighted by molar-refractivity contribution is -0.167. The molecule has 0 saturated heterocycles. The van der Waals surface area contributed by atoms with Gasteiger partial charge in [0.2, 0.25) is 5.13 Å². The van der Waals surface area contributed by atoms with Crippen LogP contribution in [0.5, 0.6) is 0 Å². The monoisotopic (exact) mass is 392 g/mol. The molecule has 2 aromatic carbocycles. The van der Waals surface area contributed by atoms with Crippen LogP contribution in [0.1, 0.15) is 10.4 Å². The third kappa shape index (κ3) is 4.47. The predicted molar refractivity (Wildman–Crippen MR) is 94.4 cm³/mol. The summed E-state index contributed by atoms with van der Waals surface area (Å²) in [5.41, 5.74) is 0.421. The van der Waals surface area contributed by atoms with E-state index in [1.807, 2.05) is 30.3 Å². The van der Waals surface area contributed by atoms with Gasteiger partial charge in [-0.15, -0.1) is 10.2 Å². The fourth-order valence-electron chi connectivity index (χ4n) is 2.12. The number of nitrogens with one attached hydrogen (secondary N) is 2. The zero-order chi connectivity index (χ0) is 19.4. The van der Waals surface area contributed by atoms with Gasteiger partial charge in [-0.3, -0.25) is 14.9 Å². The van der Waals surface area contributed by atoms with Gasteiger partial charge in [-0.1, -0.05) is 53.8 Å². The Balaban J connectivity index is 1.78. The predicted octanol–water partition coefficient (Wildman–Crippen LogP) is 3.96. The number of aromatic nitrogens is 2. The number of alkyl halides is 3. The zero-order valence-electron chi connectivity index (χ0n) is 13.4. The summed E-state index contributed by atoms with van der Waals surface area (Å²) in [5, 5.41) is 12.7. The molecule has 0 unspecified atom stereocenters. The smallest absolute Gasteiger partial charge is 0.317 e. The highest BCUT2D eigenvalue weighted by Crippen LogP contribution is 2.27. The fraction of sp³-hybridized carbons (Fsp3) is 0.0588. The first-order valence-corrected chi connectivity index (χ1v) is 8.34. The molecule has 0 spiro atoms. The summed E-state index contributed by atoms with van der Waals surface area (Å²) >= 11 is 1.11. The molecule has 0 aliphatic heterocycles. The minimum Gasteiger partial charge on any atom is -0.317 e. The highest BCUT2D eigenvalue weighted by atomic mass is 32.1. The van der Waals surface area contributed by atoms with E-state index < -0.39 is 18.0 Å². The molecule has 138 valence electrons. The van der Waals surface area contributed by atoms with Crippen molar-refractivity contribution in [2.45, 2.75) is 6.18 Å². The SMILES string of the molecule is O=C(Nc1nnc(-c2ccccc2)s1)c1ccccc1NC(=O)C(F)(F)F. The number of para-hydroxylation sites is 1. The Bertz CT molecular complexity index is 974. The number of nitrogens with zero attached hydrogens (tertiary/aromatic N) is 2. The van der Waals surface area contributed by atoms with E-state index in [0.29, 0.717) is 5.01 Å². The molecule has 2 N–H and O–H groups in total. The number of carbonyl (C=O) groups excluding carboxylic acids is 2. The van der Waals surface area contributed by atoms with Gasteiger partial charge >= 0.3 is 12.1 Å². The maximum absolute atomic E-state index is 12.4. The van der Waals surface area contributed by atoms with Crippen molar-refractivity contribution in [3.8, 4) is 10.6 Å². The molecule has 3 rings (SSSR count). The second-order valence-electron chi connectivity index (χ2n) is 5.23. The first-order valence-electron chi connectivity index (χ1n) is 7.52. The number of halogens is 3. The van der Waals surface area contributed by atoms with Crippen LogP contribution in [0, 0.1) is 0 Å². The van der Waals surface area contributed by atoms with Crippen LogP contribution in [-0.4, -0.2) is 28.2 Å². The lowest BCUT2D eigenvalue weighted by Gasteiger charge is -2.11. The molecule has 0 fully saturated rings. The van der Waals surface area contributed by atoms with E-state index in [0.717, 1.165) is 16.9 Å². The summed E-state index contributed by atoms with van der Waals surface area (Å²) < 4.78 is 37.3. The molecular formula is C17H11F3N4O2S. The van der Waals surface area contributed by atoms with Crippen molar-refractivity contribution in [1.82, 2.24) is 10.2 Å². The van der Waals surface area contributed by atoms with Gasteiger partial charge in [0, 0.05) is 5.56 Å². The number of hydrogen-bond donors (Lipinski definition) is 2. The maximum atomic E-state index is 12.4. The molecular weight excluding hydrogens is 381 g/mol. The van der Waals surface area contributed by atoms with Crippen molar-refractivity contribution >= 4 is 34.0 Å². The van der Waals surface area contributed by atoms with E-state index in [4.69, 9.17) is 0 Å². The van der Waals surface area contributed by atoms with Crippen LogP contribution in [0.25, 0.3) is 10.6 Å². The number of amides is 2. The molecule has 2 amide bonds. The van der Waals surface area contributed by atoms with Gasteiger partial charge in [0.15, 0.2) is 0 Å². The lowest BCUT2D eigenvalue weighted by atomic mass is 10.1. The van der Waals surface area contributed by atoms with Gasteiger partial charge in [-0.2, -0.15) is 13.2 Å². The highest BCUT2D eigenvalue weighted by molar-refractivity contribution is 7.18. The minimum absolute atomic E-state index is 0.133. The number of anilines is 2. The Hall–Kier alpha value is -3.27. The van der Waals surface area contributed by atoms with Crippen LogP contribution in [-0.2, 0) is 4.79 Å². The van der Waals surface area contributed by atoms with Crippen molar-refractivity contribution in [1.29, 1.82) is 0 Å².